The van der Waals surface area contributed by atoms with Gasteiger partial charge in [0.2, 0.25) is 0 Å². The molecule has 15 heavy (non-hydrogen) atoms. The summed E-state index contributed by atoms with van der Waals surface area (Å²) in [5, 5.41) is 21.1. The lowest BCUT2D eigenvalue weighted by atomic mass is 10.2. The molecule has 4 heteroatoms. The van der Waals surface area contributed by atoms with Crippen molar-refractivity contribution in [3.05, 3.63) is 28.8 Å². The van der Waals surface area contributed by atoms with Crippen molar-refractivity contribution in [2.24, 2.45) is 0 Å². The van der Waals surface area contributed by atoms with Gasteiger partial charge in [0.25, 0.3) is 0 Å². The highest BCUT2D eigenvalue weighted by molar-refractivity contribution is 6.32. The molecular weight excluding hydrogens is 212 g/mol. The first-order chi connectivity index (χ1) is 7.29. The molecular formula is C11H13ClN2O. The minimum atomic E-state index is 0.197. The number of nitrogens with one attached hydrogen (secondary N) is 1. The molecule has 0 unspecified atom stereocenters. The Morgan fingerprint density at radius 1 is 1.40 bits per heavy atom. The van der Waals surface area contributed by atoms with Crippen LogP contribution < -0.4 is 5.32 Å². The van der Waals surface area contributed by atoms with Gasteiger partial charge >= 0.3 is 0 Å². The molecule has 0 heterocycles. The van der Waals surface area contributed by atoms with E-state index in [9.17, 15) is 0 Å². The standard InChI is InChI=1S/C11H13ClN2O/c12-10-4-3-5-11(9(10)8-13)14-6-1-2-7-15/h3-5,14-15H,1-2,6-7H2. The average Bonchev–Trinajstić information content (AvgIpc) is 2.24. The first-order valence-corrected chi connectivity index (χ1v) is 5.20. The van der Waals surface area contributed by atoms with Gasteiger partial charge in [-0.2, -0.15) is 5.26 Å². The summed E-state index contributed by atoms with van der Waals surface area (Å²) in [6.07, 6.45) is 1.63. The third kappa shape index (κ3) is 3.43. The molecule has 1 aromatic carbocycles. The fraction of sp³-hybridized carbons (Fsp3) is 0.364. The molecule has 0 aromatic heterocycles. The maximum atomic E-state index is 8.89. The van der Waals surface area contributed by atoms with Crippen LogP contribution in [-0.4, -0.2) is 18.3 Å². The zero-order valence-corrected chi connectivity index (χ0v) is 9.09. The van der Waals surface area contributed by atoms with Crippen LogP contribution in [-0.2, 0) is 0 Å². The van der Waals surface area contributed by atoms with Gasteiger partial charge in [0, 0.05) is 13.2 Å². The van der Waals surface area contributed by atoms with Crippen molar-refractivity contribution < 1.29 is 5.11 Å². The zero-order valence-electron chi connectivity index (χ0n) is 8.33. The molecule has 0 fully saturated rings. The summed E-state index contributed by atoms with van der Waals surface area (Å²) in [5.41, 5.74) is 1.23. The lowest BCUT2D eigenvalue weighted by Crippen LogP contribution is -2.04. The van der Waals surface area contributed by atoms with Gasteiger partial charge in [0.05, 0.1) is 16.3 Å². The number of hydrogen-bond donors (Lipinski definition) is 2. The highest BCUT2D eigenvalue weighted by Gasteiger charge is 2.04. The molecule has 0 radical (unpaired) electrons. The highest BCUT2D eigenvalue weighted by atomic mass is 35.5. The van der Waals surface area contributed by atoms with E-state index in [-0.39, 0.29) is 6.61 Å². The van der Waals surface area contributed by atoms with E-state index in [4.69, 9.17) is 22.0 Å². The van der Waals surface area contributed by atoms with Crippen LogP contribution in [0.5, 0.6) is 0 Å². The van der Waals surface area contributed by atoms with Gasteiger partial charge in [-0.3, -0.25) is 0 Å². The Bertz CT molecular complexity index is 360. The van der Waals surface area contributed by atoms with E-state index in [0.717, 1.165) is 25.1 Å². The van der Waals surface area contributed by atoms with E-state index in [1.807, 2.05) is 6.07 Å². The molecule has 0 saturated carbocycles. The first kappa shape index (κ1) is 11.8. The lowest BCUT2D eigenvalue weighted by Gasteiger charge is -2.08. The largest absolute Gasteiger partial charge is 0.396 e. The number of rotatable bonds is 5. The minimum absolute atomic E-state index is 0.197. The molecule has 1 aromatic rings. The van der Waals surface area contributed by atoms with Crippen LogP contribution in [0.3, 0.4) is 0 Å². The van der Waals surface area contributed by atoms with Gasteiger partial charge in [-0.05, 0) is 25.0 Å². The second-order valence-electron chi connectivity index (χ2n) is 3.13. The Labute approximate surface area is 94.3 Å². The summed E-state index contributed by atoms with van der Waals surface area (Å²) in [6.45, 7) is 0.928. The monoisotopic (exact) mass is 224 g/mol. The SMILES string of the molecule is N#Cc1c(Cl)cccc1NCCCCO. The number of halogens is 1. The number of unbranched alkanes of at least 4 members (excludes halogenated alkanes) is 1. The third-order valence-electron chi connectivity index (χ3n) is 2.03. The van der Waals surface area contributed by atoms with Gasteiger partial charge in [0.15, 0.2) is 0 Å². The van der Waals surface area contributed by atoms with Crippen LogP contribution in [0.25, 0.3) is 0 Å². The second-order valence-corrected chi connectivity index (χ2v) is 3.54. The predicted molar refractivity (Wildman–Crippen MR) is 61.0 cm³/mol. The molecule has 0 aliphatic heterocycles. The molecule has 80 valence electrons. The molecule has 0 bridgehead atoms. The Morgan fingerprint density at radius 2 is 2.20 bits per heavy atom. The van der Waals surface area contributed by atoms with Crippen molar-refractivity contribution in [1.29, 1.82) is 5.26 Å². The second kappa shape index (κ2) is 6.28. The van der Waals surface area contributed by atoms with Crippen molar-refractivity contribution in [3.8, 4) is 6.07 Å². The molecule has 0 saturated heterocycles. The van der Waals surface area contributed by atoms with Crippen LogP contribution >= 0.6 is 11.6 Å². The van der Waals surface area contributed by atoms with Crippen molar-refractivity contribution in [2.45, 2.75) is 12.8 Å². The minimum Gasteiger partial charge on any atom is -0.396 e. The van der Waals surface area contributed by atoms with Gasteiger partial charge < -0.3 is 10.4 Å². The number of nitriles is 1. The Morgan fingerprint density at radius 3 is 2.87 bits per heavy atom. The maximum Gasteiger partial charge on any atom is 0.103 e. The van der Waals surface area contributed by atoms with Crippen molar-refractivity contribution in [1.82, 2.24) is 0 Å². The number of aliphatic hydroxyl groups excluding tert-OH is 1. The summed E-state index contributed by atoms with van der Waals surface area (Å²) >= 11 is 5.87. The Hall–Kier alpha value is -1.24. The number of hydrogen-bond acceptors (Lipinski definition) is 3. The number of aliphatic hydroxyl groups is 1. The van der Waals surface area contributed by atoms with E-state index in [1.54, 1.807) is 12.1 Å². The molecule has 0 spiro atoms. The quantitative estimate of drug-likeness (QED) is 0.756. The Balaban J connectivity index is 2.61. The number of nitrogens with zero attached hydrogens (tertiary/aromatic N) is 1. The summed E-state index contributed by atoms with van der Waals surface area (Å²) in [7, 11) is 0. The first-order valence-electron chi connectivity index (χ1n) is 4.83. The molecule has 0 aliphatic carbocycles. The maximum absolute atomic E-state index is 8.89. The van der Waals surface area contributed by atoms with Gasteiger partial charge in [0.1, 0.15) is 6.07 Å². The average molecular weight is 225 g/mol. The fourth-order valence-corrected chi connectivity index (χ4v) is 1.46. The van der Waals surface area contributed by atoms with Crippen molar-refractivity contribution >= 4 is 17.3 Å². The number of benzene rings is 1. The highest BCUT2D eigenvalue weighted by Crippen LogP contribution is 2.23. The molecule has 0 amide bonds. The molecule has 2 N–H and O–H groups in total. The van der Waals surface area contributed by atoms with E-state index in [1.165, 1.54) is 0 Å². The van der Waals surface area contributed by atoms with Crippen LogP contribution in [0.15, 0.2) is 18.2 Å². The molecule has 3 nitrogen and oxygen atoms in total. The van der Waals surface area contributed by atoms with Crippen LogP contribution in [0.2, 0.25) is 5.02 Å². The van der Waals surface area contributed by atoms with E-state index in [0.29, 0.717) is 10.6 Å². The Kier molecular flexibility index (Phi) is 4.96. The van der Waals surface area contributed by atoms with Crippen molar-refractivity contribution in [2.75, 3.05) is 18.5 Å². The van der Waals surface area contributed by atoms with E-state index >= 15 is 0 Å². The topological polar surface area (TPSA) is 56.0 Å². The van der Waals surface area contributed by atoms with Crippen LogP contribution in [0.4, 0.5) is 5.69 Å². The van der Waals surface area contributed by atoms with Crippen LogP contribution in [0, 0.1) is 11.3 Å². The fourth-order valence-electron chi connectivity index (χ4n) is 1.24. The third-order valence-corrected chi connectivity index (χ3v) is 2.34. The summed E-state index contributed by atoms with van der Waals surface area (Å²) < 4.78 is 0. The van der Waals surface area contributed by atoms with Gasteiger partial charge in [-0.1, -0.05) is 17.7 Å². The summed E-state index contributed by atoms with van der Waals surface area (Å²) in [5.74, 6) is 0. The molecule has 0 aliphatic rings. The van der Waals surface area contributed by atoms with Crippen molar-refractivity contribution in [3.63, 3.8) is 0 Å². The van der Waals surface area contributed by atoms with Gasteiger partial charge in [-0.25, -0.2) is 0 Å². The molecule has 0 atom stereocenters. The normalized spacial score (nSPS) is 9.67. The summed E-state index contributed by atoms with van der Waals surface area (Å²) in [6, 6.07) is 7.38. The van der Waals surface area contributed by atoms with Gasteiger partial charge in [-0.15, -0.1) is 0 Å². The predicted octanol–water partition coefficient (Wildman–Crippen LogP) is 2.40. The van der Waals surface area contributed by atoms with E-state index < -0.39 is 0 Å². The summed E-state index contributed by atoms with van der Waals surface area (Å²) in [4.78, 5) is 0. The smallest absolute Gasteiger partial charge is 0.103 e. The zero-order chi connectivity index (χ0) is 11.1. The number of anilines is 1. The molecule has 1 rings (SSSR count). The van der Waals surface area contributed by atoms with Crippen LogP contribution in [0.1, 0.15) is 18.4 Å². The van der Waals surface area contributed by atoms with E-state index in [2.05, 4.69) is 11.4 Å². The lowest BCUT2D eigenvalue weighted by molar-refractivity contribution is 0.286.